The number of carbonyl (C=O) groups is 1. The zero-order valence-corrected chi connectivity index (χ0v) is 13.7. The fourth-order valence-electron chi connectivity index (χ4n) is 2.48. The summed E-state index contributed by atoms with van der Waals surface area (Å²) in [6.07, 6.45) is 0.667. The van der Waals surface area contributed by atoms with Gasteiger partial charge in [0.05, 0.1) is 12.6 Å². The van der Waals surface area contributed by atoms with Gasteiger partial charge in [-0.05, 0) is 31.0 Å². The molecule has 1 amide bonds. The van der Waals surface area contributed by atoms with E-state index in [2.05, 4.69) is 4.98 Å². The van der Waals surface area contributed by atoms with Crippen molar-refractivity contribution in [2.45, 2.75) is 19.4 Å². The van der Waals surface area contributed by atoms with Crippen molar-refractivity contribution >= 4 is 5.91 Å². The van der Waals surface area contributed by atoms with Crippen LogP contribution in [0.4, 0.5) is 0 Å². The zero-order valence-electron chi connectivity index (χ0n) is 13.7. The van der Waals surface area contributed by atoms with Gasteiger partial charge < -0.3 is 14.6 Å². The van der Waals surface area contributed by atoms with Crippen LogP contribution < -0.4 is 5.56 Å². The Bertz CT molecular complexity index is 710. The van der Waals surface area contributed by atoms with Crippen molar-refractivity contribution in [1.29, 1.82) is 0 Å². The Balaban J connectivity index is 2.21. The van der Waals surface area contributed by atoms with Gasteiger partial charge in [0.15, 0.2) is 0 Å². The summed E-state index contributed by atoms with van der Waals surface area (Å²) in [6, 6.07) is 13.1. The predicted molar refractivity (Wildman–Crippen MR) is 89.7 cm³/mol. The molecule has 0 unspecified atom stereocenters. The molecule has 2 rings (SSSR count). The minimum absolute atomic E-state index is 0.143. The topological polar surface area (TPSA) is 62.4 Å². The number of aromatic nitrogens is 1. The molecule has 0 radical (unpaired) electrons. The number of ether oxygens (including phenoxy) is 1. The van der Waals surface area contributed by atoms with E-state index in [-0.39, 0.29) is 23.1 Å². The number of nitrogens with one attached hydrogen (secondary N) is 1. The number of carbonyl (C=O) groups excluding carboxylic acids is 1. The summed E-state index contributed by atoms with van der Waals surface area (Å²) in [4.78, 5) is 28.9. The third-order valence-corrected chi connectivity index (χ3v) is 3.83. The van der Waals surface area contributed by atoms with Gasteiger partial charge in [-0.15, -0.1) is 0 Å². The first-order valence-corrected chi connectivity index (χ1v) is 7.53. The van der Waals surface area contributed by atoms with Crippen molar-refractivity contribution < 1.29 is 9.53 Å². The van der Waals surface area contributed by atoms with Gasteiger partial charge in [0.25, 0.3) is 11.5 Å². The molecule has 1 N–H and O–H groups in total. The lowest BCUT2D eigenvalue weighted by Crippen LogP contribution is -2.43. The number of methoxy groups -OCH3 is 1. The second-order valence-corrected chi connectivity index (χ2v) is 5.60. The first kappa shape index (κ1) is 17.0. The van der Waals surface area contributed by atoms with E-state index in [0.717, 1.165) is 11.3 Å². The second kappa shape index (κ2) is 7.74. The molecule has 122 valence electrons. The van der Waals surface area contributed by atoms with Gasteiger partial charge in [-0.3, -0.25) is 9.59 Å². The van der Waals surface area contributed by atoms with Gasteiger partial charge in [0.1, 0.15) is 5.56 Å². The summed E-state index contributed by atoms with van der Waals surface area (Å²) in [5.41, 5.74) is 1.63. The third-order valence-electron chi connectivity index (χ3n) is 3.83. The Hall–Kier alpha value is -2.40. The number of hydrogen-bond acceptors (Lipinski definition) is 3. The fourth-order valence-corrected chi connectivity index (χ4v) is 2.48. The molecule has 1 aromatic heterocycles. The molecule has 23 heavy (non-hydrogen) atoms. The number of hydrogen-bond donors (Lipinski definition) is 1. The lowest BCUT2D eigenvalue weighted by Gasteiger charge is -2.27. The molecule has 0 spiro atoms. The first-order chi connectivity index (χ1) is 11.0. The number of benzene rings is 1. The van der Waals surface area contributed by atoms with Crippen molar-refractivity contribution in [3.05, 3.63) is 69.6 Å². The molecule has 0 saturated heterocycles. The Labute approximate surface area is 135 Å². The van der Waals surface area contributed by atoms with Crippen LogP contribution in [0.1, 0.15) is 21.6 Å². The summed E-state index contributed by atoms with van der Waals surface area (Å²) < 4.78 is 5.25. The van der Waals surface area contributed by atoms with Crippen LogP contribution in [-0.4, -0.2) is 42.6 Å². The van der Waals surface area contributed by atoms with Gasteiger partial charge in [-0.1, -0.05) is 30.3 Å². The van der Waals surface area contributed by atoms with Gasteiger partial charge >= 0.3 is 0 Å². The monoisotopic (exact) mass is 314 g/mol. The molecule has 0 fully saturated rings. The maximum atomic E-state index is 12.6. The molecule has 5 nitrogen and oxygen atoms in total. The maximum Gasteiger partial charge on any atom is 0.260 e. The summed E-state index contributed by atoms with van der Waals surface area (Å²) in [6.45, 7) is 2.18. The van der Waals surface area contributed by atoms with Crippen molar-refractivity contribution in [1.82, 2.24) is 9.88 Å². The van der Waals surface area contributed by atoms with Gasteiger partial charge in [-0.2, -0.15) is 0 Å². The van der Waals surface area contributed by atoms with Crippen molar-refractivity contribution in [2.75, 3.05) is 20.8 Å². The molecule has 0 aliphatic heterocycles. The molecule has 0 aliphatic carbocycles. The van der Waals surface area contributed by atoms with Crippen LogP contribution in [0.5, 0.6) is 0 Å². The van der Waals surface area contributed by atoms with Crippen LogP contribution in [-0.2, 0) is 11.2 Å². The van der Waals surface area contributed by atoms with Gasteiger partial charge in [0, 0.05) is 19.9 Å². The SMILES string of the molecule is COC[C@@H](Cc1ccccc1)N(C)C(=O)c1ccc(C)[nH]c1=O. The molecule has 2 aromatic rings. The average molecular weight is 314 g/mol. The van der Waals surface area contributed by atoms with Gasteiger partial charge in [-0.25, -0.2) is 0 Å². The maximum absolute atomic E-state index is 12.6. The Morgan fingerprint density at radius 3 is 2.52 bits per heavy atom. The van der Waals surface area contributed by atoms with Crippen molar-refractivity contribution in [3.63, 3.8) is 0 Å². The normalized spacial score (nSPS) is 12.0. The van der Waals surface area contributed by atoms with E-state index >= 15 is 0 Å². The van der Waals surface area contributed by atoms with E-state index in [0.29, 0.717) is 13.0 Å². The van der Waals surface area contributed by atoms with Crippen LogP contribution >= 0.6 is 0 Å². The predicted octanol–water partition coefficient (Wildman–Crippen LogP) is 2.01. The number of nitrogens with zero attached hydrogens (tertiary/aromatic N) is 1. The van der Waals surface area contributed by atoms with Crippen LogP contribution in [0.25, 0.3) is 0 Å². The number of pyridine rings is 1. The highest BCUT2D eigenvalue weighted by Crippen LogP contribution is 2.11. The van der Waals surface area contributed by atoms with E-state index in [1.807, 2.05) is 30.3 Å². The van der Waals surface area contributed by atoms with E-state index in [9.17, 15) is 9.59 Å². The smallest absolute Gasteiger partial charge is 0.260 e. The van der Waals surface area contributed by atoms with Crippen LogP contribution in [0.15, 0.2) is 47.3 Å². The standard InChI is InChI=1S/C18H22N2O3/c1-13-9-10-16(17(21)19-13)18(22)20(2)15(12-23-3)11-14-7-5-4-6-8-14/h4-10,15H,11-12H2,1-3H3,(H,19,21)/t15-/m1/s1. The van der Waals surface area contributed by atoms with Crippen LogP contribution in [0.3, 0.4) is 0 Å². The quantitative estimate of drug-likeness (QED) is 0.887. The molecule has 1 heterocycles. The average Bonchev–Trinajstić information content (AvgIpc) is 2.54. The number of H-pyrrole nitrogens is 1. The lowest BCUT2D eigenvalue weighted by molar-refractivity contribution is 0.0603. The van der Waals surface area contributed by atoms with Crippen molar-refractivity contribution in [3.8, 4) is 0 Å². The van der Waals surface area contributed by atoms with Crippen LogP contribution in [0.2, 0.25) is 0 Å². The van der Waals surface area contributed by atoms with E-state index < -0.39 is 0 Å². The van der Waals surface area contributed by atoms with Crippen molar-refractivity contribution in [2.24, 2.45) is 0 Å². The minimum Gasteiger partial charge on any atom is -0.383 e. The van der Waals surface area contributed by atoms with Crippen LogP contribution in [0, 0.1) is 6.92 Å². The number of aromatic amines is 1. The number of aryl methyl sites for hydroxylation is 1. The van der Waals surface area contributed by atoms with Gasteiger partial charge in [0.2, 0.25) is 0 Å². The molecular formula is C18H22N2O3. The molecule has 5 heteroatoms. The lowest BCUT2D eigenvalue weighted by atomic mass is 10.0. The molecule has 0 aliphatic rings. The molecule has 0 saturated carbocycles. The largest absolute Gasteiger partial charge is 0.383 e. The molecule has 0 bridgehead atoms. The molecule has 1 aromatic carbocycles. The van der Waals surface area contributed by atoms with E-state index in [1.54, 1.807) is 38.1 Å². The molecule has 1 atom stereocenters. The zero-order chi connectivity index (χ0) is 16.8. The number of rotatable bonds is 6. The number of amides is 1. The fraction of sp³-hybridized carbons (Fsp3) is 0.333. The second-order valence-electron chi connectivity index (χ2n) is 5.60. The summed E-state index contributed by atoms with van der Waals surface area (Å²) >= 11 is 0. The Morgan fingerprint density at radius 2 is 1.91 bits per heavy atom. The minimum atomic E-state index is -0.363. The highest BCUT2D eigenvalue weighted by atomic mass is 16.5. The third kappa shape index (κ3) is 4.29. The van der Waals surface area contributed by atoms with E-state index in [1.165, 1.54) is 0 Å². The molecular weight excluding hydrogens is 292 g/mol. The Morgan fingerprint density at radius 1 is 1.22 bits per heavy atom. The first-order valence-electron chi connectivity index (χ1n) is 7.53. The van der Waals surface area contributed by atoms with E-state index in [4.69, 9.17) is 4.74 Å². The highest BCUT2D eigenvalue weighted by Gasteiger charge is 2.23. The summed E-state index contributed by atoms with van der Waals surface area (Å²) in [7, 11) is 3.31. The highest BCUT2D eigenvalue weighted by molar-refractivity contribution is 5.93. The summed E-state index contributed by atoms with van der Waals surface area (Å²) in [5.74, 6) is -0.302. The number of likely N-dealkylation sites (N-methyl/N-ethyl adjacent to an activating group) is 1. The summed E-state index contributed by atoms with van der Waals surface area (Å²) in [5, 5.41) is 0. The Kier molecular flexibility index (Phi) is 5.71.